The summed E-state index contributed by atoms with van der Waals surface area (Å²) in [7, 11) is 0. The Morgan fingerprint density at radius 2 is 1.36 bits per heavy atom. The fourth-order valence-electron chi connectivity index (χ4n) is 4.07. The average molecular weight is 505 g/mol. The summed E-state index contributed by atoms with van der Waals surface area (Å²) in [5.74, 6) is 0. The first-order chi connectivity index (χ1) is 17.8. The molecule has 0 radical (unpaired) electrons. The van der Waals surface area contributed by atoms with Gasteiger partial charge >= 0.3 is 0 Å². The summed E-state index contributed by atoms with van der Waals surface area (Å²) in [4.78, 5) is 9.43. The van der Waals surface area contributed by atoms with E-state index in [-0.39, 0.29) is 0 Å². The molecule has 176 valence electrons. The maximum absolute atomic E-state index is 4.79. The number of anilines is 3. The van der Waals surface area contributed by atoms with Crippen LogP contribution in [0.2, 0.25) is 0 Å². The van der Waals surface area contributed by atoms with E-state index >= 15 is 0 Å². The average Bonchev–Trinajstić information content (AvgIpc) is 3.57. The number of thiazole rings is 2. The van der Waals surface area contributed by atoms with Gasteiger partial charge in [-0.05, 0) is 47.4 Å². The van der Waals surface area contributed by atoms with Crippen molar-refractivity contribution in [2.75, 3.05) is 17.2 Å². The standard InChI is InChI=1S/C30H24N4S2/c1-2-6-22(7-3-1)23-12-14-24(15-13-23)27-20-35-30(34-27)32-25-16-10-21(11-17-25)18-19-31-29-33-26-8-4-5-9-28(26)36-29/h1-17,20H,18-19H2,(H,31,33)(H,32,34). The van der Waals surface area contributed by atoms with Crippen LogP contribution in [0.15, 0.2) is 109 Å². The molecule has 0 fully saturated rings. The number of nitrogens with zero attached hydrogens (tertiary/aromatic N) is 2. The van der Waals surface area contributed by atoms with E-state index in [4.69, 9.17) is 4.98 Å². The normalized spacial score (nSPS) is 11.0. The molecule has 0 saturated carbocycles. The van der Waals surface area contributed by atoms with Crippen LogP contribution in [0.3, 0.4) is 0 Å². The lowest BCUT2D eigenvalue weighted by molar-refractivity contribution is 1.02. The number of nitrogens with one attached hydrogen (secondary N) is 2. The highest BCUT2D eigenvalue weighted by atomic mass is 32.1. The first-order valence-electron chi connectivity index (χ1n) is 11.9. The quantitative estimate of drug-likeness (QED) is 0.218. The van der Waals surface area contributed by atoms with Crippen LogP contribution in [-0.4, -0.2) is 16.5 Å². The zero-order chi connectivity index (χ0) is 24.2. The lowest BCUT2D eigenvalue weighted by Crippen LogP contribution is -2.04. The molecule has 2 N–H and O–H groups in total. The second-order valence-corrected chi connectivity index (χ2v) is 10.4. The third kappa shape index (κ3) is 5.15. The van der Waals surface area contributed by atoms with Crippen LogP contribution < -0.4 is 10.6 Å². The Balaban J connectivity index is 1.04. The topological polar surface area (TPSA) is 49.8 Å². The SMILES string of the molecule is c1ccc(-c2ccc(-c3csc(Nc4ccc(CCNc5nc6ccccc6s5)cc4)n3)cc2)cc1. The Kier molecular flexibility index (Phi) is 6.44. The molecule has 0 aliphatic rings. The lowest BCUT2D eigenvalue weighted by atomic mass is 10.0. The number of hydrogen-bond acceptors (Lipinski definition) is 6. The number of rotatable bonds is 8. The molecule has 0 unspecified atom stereocenters. The van der Waals surface area contributed by atoms with Gasteiger partial charge in [-0.3, -0.25) is 0 Å². The van der Waals surface area contributed by atoms with Crippen LogP contribution in [0, 0.1) is 0 Å². The Morgan fingerprint density at radius 1 is 0.639 bits per heavy atom. The number of hydrogen-bond donors (Lipinski definition) is 2. The van der Waals surface area contributed by atoms with Crippen molar-refractivity contribution in [3.8, 4) is 22.4 Å². The molecule has 2 heterocycles. The molecule has 6 rings (SSSR count). The van der Waals surface area contributed by atoms with E-state index in [2.05, 4.69) is 112 Å². The minimum absolute atomic E-state index is 0.853. The molecular formula is C30H24N4S2. The molecule has 0 spiro atoms. The Bertz CT molecular complexity index is 1540. The monoisotopic (exact) mass is 504 g/mol. The number of aromatic nitrogens is 2. The summed E-state index contributed by atoms with van der Waals surface area (Å²) in [5.41, 5.74) is 7.92. The highest BCUT2D eigenvalue weighted by Crippen LogP contribution is 2.29. The van der Waals surface area contributed by atoms with E-state index in [1.807, 2.05) is 12.1 Å². The number of para-hydroxylation sites is 1. The van der Waals surface area contributed by atoms with Crippen LogP contribution in [-0.2, 0) is 6.42 Å². The van der Waals surface area contributed by atoms with Crippen molar-refractivity contribution in [3.05, 3.63) is 114 Å². The largest absolute Gasteiger partial charge is 0.361 e. The summed E-state index contributed by atoms with van der Waals surface area (Å²) >= 11 is 3.32. The van der Waals surface area contributed by atoms with Gasteiger partial charge in [0.05, 0.1) is 15.9 Å². The Morgan fingerprint density at radius 3 is 2.17 bits per heavy atom. The van der Waals surface area contributed by atoms with Crippen molar-refractivity contribution in [2.24, 2.45) is 0 Å². The zero-order valence-electron chi connectivity index (χ0n) is 19.5. The lowest BCUT2D eigenvalue weighted by Gasteiger charge is -2.06. The van der Waals surface area contributed by atoms with Gasteiger partial charge < -0.3 is 10.6 Å². The van der Waals surface area contributed by atoms with Gasteiger partial charge in [-0.1, -0.05) is 90.2 Å². The molecule has 0 aliphatic carbocycles. The van der Waals surface area contributed by atoms with Crippen molar-refractivity contribution in [1.82, 2.24) is 9.97 Å². The molecule has 36 heavy (non-hydrogen) atoms. The predicted octanol–water partition coefficient (Wildman–Crippen LogP) is 8.49. The smallest absolute Gasteiger partial charge is 0.187 e. The van der Waals surface area contributed by atoms with Crippen LogP contribution in [0.5, 0.6) is 0 Å². The summed E-state index contributed by atoms with van der Waals surface area (Å²) in [6.45, 7) is 0.853. The van der Waals surface area contributed by atoms with Gasteiger partial charge in [-0.15, -0.1) is 11.3 Å². The maximum atomic E-state index is 4.79. The highest BCUT2D eigenvalue weighted by Gasteiger charge is 2.07. The fraction of sp³-hybridized carbons (Fsp3) is 0.0667. The molecule has 6 heteroatoms. The van der Waals surface area contributed by atoms with Crippen LogP contribution in [0.4, 0.5) is 16.0 Å². The summed E-state index contributed by atoms with van der Waals surface area (Å²) in [6, 6.07) is 35.8. The molecule has 4 nitrogen and oxygen atoms in total. The molecular weight excluding hydrogens is 480 g/mol. The summed E-state index contributed by atoms with van der Waals surface area (Å²) in [5, 5.41) is 10.9. The third-order valence-electron chi connectivity index (χ3n) is 5.98. The van der Waals surface area contributed by atoms with Crippen molar-refractivity contribution in [2.45, 2.75) is 6.42 Å². The molecule has 0 aliphatic heterocycles. The van der Waals surface area contributed by atoms with Gasteiger partial charge in [-0.2, -0.15) is 0 Å². The van der Waals surface area contributed by atoms with E-state index < -0.39 is 0 Å². The van der Waals surface area contributed by atoms with Gasteiger partial charge in [0.1, 0.15) is 0 Å². The number of fused-ring (bicyclic) bond motifs is 1. The molecule has 4 aromatic carbocycles. The van der Waals surface area contributed by atoms with E-state index in [1.165, 1.54) is 21.4 Å². The van der Waals surface area contributed by atoms with Gasteiger partial charge in [0, 0.05) is 23.2 Å². The van der Waals surface area contributed by atoms with Crippen LogP contribution in [0.1, 0.15) is 5.56 Å². The third-order valence-corrected chi connectivity index (χ3v) is 7.73. The fourth-order valence-corrected chi connectivity index (χ4v) is 5.70. The van der Waals surface area contributed by atoms with Gasteiger partial charge in [0.25, 0.3) is 0 Å². The van der Waals surface area contributed by atoms with Crippen molar-refractivity contribution < 1.29 is 0 Å². The van der Waals surface area contributed by atoms with E-state index in [0.29, 0.717) is 0 Å². The highest BCUT2D eigenvalue weighted by molar-refractivity contribution is 7.22. The van der Waals surface area contributed by atoms with Gasteiger partial charge in [0.15, 0.2) is 10.3 Å². The van der Waals surface area contributed by atoms with Crippen molar-refractivity contribution >= 4 is 48.8 Å². The van der Waals surface area contributed by atoms with Gasteiger partial charge in [-0.25, -0.2) is 9.97 Å². The van der Waals surface area contributed by atoms with Crippen LogP contribution >= 0.6 is 22.7 Å². The minimum Gasteiger partial charge on any atom is -0.361 e. The molecule has 0 bridgehead atoms. The summed E-state index contributed by atoms with van der Waals surface area (Å²) < 4.78 is 1.21. The zero-order valence-corrected chi connectivity index (χ0v) is 21.2. The molecule has 0 saturated heterocycles. The van der Waals surface area contributed by atoms with Crippen molar-refractivity contribution in [1.29, 1.82) is 0 Å². The second-order valence-electron chi connectivity index (χ2n) is 8.47. The Hall–Kier alpha value is -4.00. The molecule has 2 aromatic heterocycles. The number of benzene rings is 4. The Labute approximate surface area is 218 Å². The molecule has 0 amide bonds. The summed E-state index contributed by atoms with van der Waals surface area (Å²) in [6.07, 6.45) is 0.941. The first kappa shape index (κ1) is 22.5. The molecule has 0 atom stereocenters. The van der Waals surface area contributed by atoms with E-state index in [9.17, 15) is 0 Å². The van der Waals surface area contributed by atoms with E-state index in [0.717, 1.165) is 45.7 Å². The van der Waals surface area contributed by atoms with Gasteiger partial charge in [0.2, 0.25) is 0 Å². The second kappa shape index (κ2) is 10.3. The first-order valence-corrected chi connectivity index (χ1v) is 13.6. The predicted molar refractivity (Wildman–Crippen MR) is 155 cm³/mol. The van der Waals surface area contributed by atoms with Crippen LogP contribution in [0.25, 0.3) is 32.6 Å². The minimum atomic E-state index is 0.853. The van der Waals surface area contributed by atoms with Crippen molar-refractivity contribution in [3.63, 3.8) is 0 Å². The maximum Gasteiger partial charge on any atom is 0.187 e. The van der Waals surface area contributed by atoms with E-state index in [1.54, 1.807) is 22.7 Å². The molecule has 6 aromatic rings.